The first kappa shape index (κ1) is 19.2. The Balaban J connectivity index is 2.47. The van der Waals surface area contributed by atoms with Crippen molar-refractivity contribution in [1.82, 2.24) is 10.6 Å². The highest BCUT2D eigenvalue weighted by atomic mass is 16.3. The van der Waals surface area contributed by atoms with Gasteiger partial charge in [-0.15, -0.1) is 0 Å². The number of benzene rings is 1. The lowest BCUT2D eigenvalue weighted by molar-refractivity contribution is 0.0933. The highest BCUT2D eigenvalue weighted by Gasteiger charge is 2.16. The second-order valence-electron chi connectivity index (χ2n) is 6.89. The standard InChI is InChI=1S/C18H28N2O3/c1-13(2)20-17(23)15-8-6-14(7-9-15)16(22)19-11-5-10-18(3,4)12-21/h6-9,13,21H,5,10-12H2,1-4H3,(H,19,22)(H,20,23). The van der Waals surface area contributed by atoms with Gasteiger partial charge in [-0.25, -0.2) is 0 Å². The monoisotopic (exact) mass is 320 g/mol. The van der Waals surface area contributed by atoms with Gasteiger partial charge in [-0.1, -0.05) is 13.8 Å². The summed E-state index contributed by atoms with van der Waals surface area (Å²) in [4.78, 5) is 23.9. The van der Waals surface area contributed by atoms with E-state index in [-0.39, 0.29) is 29.9 Å². The lowest BCUT2D eigenvalue weighted by atomic mass is 9.89. The molecule has 0 aliphatic heterocycles. The van der Waals surface area contributed by atoms with Crippen LogP contribution in [0.3, 0.4) is 0 Å². The number of carbonyl (C=O) groups excluding carboxylic acids is 2. The molecule has 5 heteroatoms. The van der Waals surface area contributed by atoms with Crippen LogP contribution in [-0.2, 0) is 0 Å². The Bertz CT molecular complexity index is 522. The van der Waals surface area contributed by atoms with Crippen LogP contribution in [-0.4, -0.2) is 36.1 Å². The summed E-state index contributed by atoms with van der Waals surface area (Å²) in [7, 11) is 0. The second-order valence-corrected chi connectivity index (χ2v) is 6.89. The minimum atomic E-state index is -0.150. The maximum Gasteiger partial charge on any atom is 0.251 e. The van der Waals surface area contributed by atoms with Crippen molar-refractivity contribution < 1.29 is 14.7 Å². The fourth-order valence-electron chi connectivity index (χ4n) is 2.07. The molecule has 0 bridgehead atoms. The smallest absolute Gasteiger partial charge is 0.251 e. The van der Waals surface area contributed by atoms with Crippen LogP contribution < -0.4 is 10.6 Å². The van der Waals surface area contributed by atoms with Crippen molar-refractivity contribution in [3.05, 3.63) is 35.4 Å². The normalized spacial score (nSPS) is 11.4. The van der Waals surface area contributed by atoms with E-state index >= 15 is 0 Å². The Morgan fingerprint density at radius 2 is 1.61 bits per heavy atom. The van der Waals surface area contributed by atoms with Crippen molar-refractivity contribution in [1.29, 1.82) is 0 Å². The molecule has 23 heavy (non-hydrogen) atoms. The Labute approximate surface area is 138 Å². The van der Waals surface area contributed by atoms with Crippen LogP contribution in [0.15, 0.2) is 24.3 Å². The molecule has 0 atom stereocenters. The molecule has 1 aromatic rings. The number of nitrogens with one attached hydrogen (secondary N) is 2. The van der Waals surface area contributed by atoms with E-state index in [0.29, 0.717) is 17.7 Å². The topological polar surface area (TPSA) is 78.4 Å². The Morgan fingerprint density at radius 1 is 1.09 bits per heavy atom. The van der Waals surface area contributed by atoms with E-state index in [9.17, 15) is 14.7 Å². The van der Waals surface area contributed by atoms with Gasteiger partial charge < -0.3 is 15.7 Å². The van der Waals surface area contributed by atoms with E-state index < -0.39 is 0 Å². The summed E-state index contributed by atoms with van der Waals surface area (Å²) in [5.41, 5.74) is 0.961. The maximum absolute atomic E-state index is 12.0. The van der Waals surface area contributed by atoms with Gasteiger partial charge in [0.25, 0.3) is 11.8 Å². The number of aliphatic hydroxyl groups is 1. The third-order valence-corrected chi connectivity index (χ3v) is 3.57. The molecule has 0 fully saturated rings. The molecule has 1 aromatic carbocycles. The van der Waals surface area contributed by atoms with E-state index in [4.69, 9.17) is 0 Å². The summed E-state index contributed by atoms with van der Waals surface area (Å²) in [6.45, 7) is 8.50. The highest BCUT2D eigenvalue weighted by molar-refractivity contribution is 5.97. The van der Waals surface area contributed by atoms with E-state index in [1.807, 2.05) is 27.7 Å². The molecule has 128 valence electrons. The van der Waals surface area contributed by atoms with Crippen LogP contribution >= 0.6 is 0 Å². The number of carbonyl (C=O) groups is 2. The molecule has 0 heterocycles. The zero-order chi connectivity index (χ0) is 17.5. The first-order chi connectivity index (χ1) is 10.7. The molecule has 0 aliphatic rings. The predicted molar refractivity (Wildman–Crippen MR) is 91.5 cm³/mol. The van der Waals surface area contributed by atoms with Gasteiger partial charge in [0.15, 0.2) is 0 Å². The van der Waals surface area contributed by atoms with Gasteiger partial charge in [0, 0.05) is 30.3 Å². The molecular formula is C18H28N2O3. The van der Waals surface area contributed by atoms with E-state index in [1.165, 1.54) is 0 Å². The van der Waals surface area contributed by atoms with Crippen molar-refractivity contribution in [2.24, 2.45) is 5.41 Å². The third-order valence-electron chi connectivity index (χ3n) is 3.57. The summed E-state index contributed by atoms with van der Waals surface area (Å²) in [6, 6.07) is 6.70. The third kappa shape index (κ3) is 6.82. The SMILES string of the molecule is CC(C)NC(=O)c1ccc(C(=O)NCCCC(C)(C)CO)cc1. The summed E-state index contributed by atoms with van der Waals surface area (Å²) < 4.78 is 0. The molecule has 0 aromatic heterocycles. The molecule has 1 rings (SSSR count). The van der Waals surface area contributed by atoms with E-state index in [0.717, 1.165) is 12.8 Å². The zero-order valence-electron chi connectivity index (χ0n) is 14.5. The predicted octanol–water partition coefficient (Wildman–Crippen LogP) is 2.35. The molecule has 0 spiro atoms. The number of amides is 2. The average molecular weight is 320 g/mol. The molecular weight excluding hydrogens is 292 g/mol. The lowest BCUT2D eigenvalue weighted by Gasteiger charge is -2.21. The number of hydrogen-bond acceptors (Lipinski definition) is 3. The van der Waals surface area contributed by atoms with Crippen LogP contribution in [0.2, 0.25) is 0 Å². The Hall–Kier alpha value is -1.88. The fraction of sp³-hybridized carbons (Fsp3) is 0.556. The van der Waals surface area contributed by atoms with Crippen molar-refractivity contribution in [3.63, 3.8) is 0 Å². The van der Waals surface area contributed by atoms with Gasteiger partial charge in [0.1, 0.15) is 0 Å². The number of hydrogen-bond donors (Lipinski definition) is 3. The largest absolute Gasteiger partial charge is 0.396 e. The van der Waals surface area contributed by atoms with Crippen LogP contribution in [0, 0.1) is 5.41 Å². The fourth-order valence-corrected chi connectivity index (χ4v) is 2.07. The molecule has 0 aliphatic carbocycles. The molecule has 0 saturated carbocycles. The molecule has 0 unspecified atom stereocenters. The number of rotatable bonds is 8. The van der Waals surface area contributed by atoms with Gasteiger partial charge >= 0.3 is 0 Å². The molecule has 2 amide bonds. The average Bonchev–Trinajstić information content (AvgIpc) is 2.51. The summed E-state index contributed by atoms with van der Waals surface area (Å²) >= 11 is 0. The van der Waals surface area contributed by atoms with Crippen molar-refractivity contribution in [2.45, 2.75) is 46.6 Å². The van der Waals surface area contributed by atoms with Crippen LogP contribution in [0.1, 0.15) is 61.3 Å². The van der Waals surface area contributed by atoms with Gasteiger partial charge in [-0.2, -0.15) is 0 Å². The molecule has 0 saturated heterocycles. The van der Waals surface area contributed by atoms with Crippen LogP contribution in [0.25, 0.3) is 0 Å². The quantitative estimate of drug-likeness (QED) is 0.643. The van der Waals surface area contributed by atoms with Crippen LogP contribution in [0.4, 0.5) is 0 Å². The minimum absolute atomic E-state index is 0.0775. The van der Waals surface area contributed by atoms with Gasteiger partial charge in [0.2, 0.25) is 0 Å². The van der Waals surface area contributed by atoms with E-state index in [2.05, 4.69) is 10.6 Å². The molecule has 3 N–H and O–H groups in total. The Kier molecular flexibility index (Phi) is 7.23. The summed E-state index contributed by atoms with van der Waals surface area (Å²) in [5.74, 6) is -0.291. The number of aliphatic hydroxyl groups excluding tert-OH is 1. The summed E-state index contributed by atoms with van der Waals surface area (Å²) in [5, 5.41) is 14.9. The first-order valence-corrected chi connectivity index (χ1v) is 8.05. The van der Waals surface area contributed by atoms with Crippen molar-refractivity contribution >= 4 is 11.8 Å². The van der Waals surface area contributed by atoms with E-state index in [1.54, 1.807) is 24.3 Å². The summed E-state index contributed by atoms with van der Waals surface area (Å²) in [6.07, 6.45) is 1.66. The van der Waals surface area contributed by atoms with Crippen molar-refractivity contribution in [2.75, 3.05) is 13.2 Å². The zero-order valence-corrected chi connectivity index (χ0v) is 14.5. The van der Waals surface area contributed by atoms with Gasteiger partial charge in [0.05, 0.1) is 0 Å². The first-order valence-electron chi connectivity index (χ1n) is 8.05. The minimum Gasteiger partial charge on any atom is -0.396 e. The second kappa shape index (κ2) is 8.67. The highest BCUT2D eigenvalue weighted by Crippen LogP contribution is 2.20. The molecule has 0 radical (unpaired) electrons. The van der Waals surface area contributed by atoms with Crippen LogP contribution in [0.5, 0.6) is 0 Å². The maximum atomic E-state index is 12.0. The molecule has 5 nitrogen and oxygen atoms in total. The van der Waals surface area contributed by atoms with Gasteiger partial charge in [-0.3, -0.25) is 9.59 Å². The Morgan fingerprint density at radius 3 is 2.09 bits per heavy atom. The lowest BCUT2D eigenvalue weighted by Crippen LogP contribution is -2.30. The van der Waals surface area contributed by atoms with Gasteiger partial charge in [-0.05, 0) is 56.4 Å². The van der Waals surface area contributed by atoms with Crippen molar-refractivity contribution in [3.8, 4) is 0 Å².